The summed E-state index contributed by atoms with van der Waals surface area (Å²) < 4.78 is 17.6. The summed E-state index contributed by atoms with van der Waals surface area (Å²) in [4.78, 5) is 18.2. The van der Waals surface area contributed by atoms with Crippen LogP contribution in [0.25, 0.3) is 17.0 Å². The zero-order valence-corrected chi connectivity index (χ0v) is 24.7. The molecular weight excluding hydrogens is 542 g/mol. The van der Waals surface area contributed by atoms with Crippen LogP contribution in [-0.2, 0) is 0 Å². The number of methoxy groups -OCH3 is 2. The lowest BCUT2D eigenvalue weighted by atomic mass is 10.2. The minimum Gasteiger partial charge on any atom is -0.494 e. The van der Waals surface area contributed by atoms with Crippen LogP contribution in [0, 0.1) is 13.8 Å². The summed E-state index contributed by atoms with van der Waals surface area (Å²) in [7, 11) is 3.35. The number of fused-ring (bicyclic) bond motifs is 1. The number of aryl methyl sites for hydroxylation is 2. The zero-order chi connectivity index (χ0) is 29.5. The Labute approximate surface area is 249 Å². The van der Waals surface area contributed by atoms with Gasteiger partial charge in [-0.1, -0.05) is 6.07 Å². The smallest absolute Gasteiger partial charge is 0.254 e. The van der Waals surface area contributed by atoms with Gasteiger partial charge in [0.25, 0.3) is 5.95 Å². The molecule has 1 aliphatic heterocycles. The summed E-state index contributed by atoms with van der Waals surface area (Å²) >= 11 is 0. The molecule has 7 rings (SSSR count). The monoisotopic (exact) mass is 575 g/mol. The van der Waals surface area contributed by atoms with E-state index in [1.54, 1.807) is 26.9 Å². The van der Waals surface area contributed by atoms with Crippen LogP contribution in [0.3, 0.4) is 0 Å². The summed E-state index contributed by atoms with van der Waals surface area (Å²) in [5.74, 6) is 2.96. The highest BCUT2D eigenvalue weighted by Crippen LogP contribution is 2.40. The molecule has 6 aromatic rings. The third-order valence-corrected chi connectivity index (χ3v) is 7.78. The van der Waals surface area contributed by atoms with Crippen LogP contribution in [0.2, 0.25) is 0 Å². The Bertz CT molecular complexity index is 1820. The molecule has 11 nitrogen and oxygen atoms in total. The van der Waals surface area contributed by atoms with Gasteiger partial charge >= 0.3 is 0 Å². The van der Waals surface area contributed by atoms with Crippen molar-refractivity contribution < 1.29 is 9.47 Å². The molecule has 0 amide bonds. The van der Waals surface area contributed by atoms with E-state index in [9.17, 15) is 0 Å². The minimum atomic E-state index is 0.535. The molecule has 0 bridgehead atoms. The molecule has 2 aromatic carbocycles. The van der Waals surface area contributed by atoms with E-state index < -0.39 is 0 Å². The predicted octanol–water partition coefficient (Wildman–Crippen LogP) is 5.80. The number of hydrogen-bond donors (Lipinski definition) is 0. The third-order valence-electron chi connectivity index (χ3n) is 7.78. The molecule has 0 aliphatic carbocycles. The van der Waals surface area contributed by atoms with Crippen molar-refractivity contribution in [3.8, 4) is 22.9 Å². The van der Waals surface area contributed by atoms with Crippen molar-refractivity contribution in [1.29, 1.82) is 0 Å². The van der Waals surface area contributed by atoms with E-state index in [0.717, 1.165) is 58.7 Å². The molecule has 4 aromatic heterocycles. The van der Waals surface area contributed by atoms with Crippen LogP contribution in [0.15, 0.2) is 79.6 Å². The lowest BCUT2D eigenvalue weighted by Crippen LogP contribution is -2.21. The van der Waals surface area contributed by atoms with E-state index in [4.69, 9.17) is 19.6 Å². The number of anilines is 4. The Kier molecular flexibility index (Phi) is 6.69. The Balaban J connectivity index is 1.39. The standard InChI is InChI=1S/C32H33N9O2/c1-22-18-38(20-33-22)26-12-10-24(16-28(26)42-3)40(25-11-13-27(29(17-25)43-4)39-19-23(2)34-21-39)32-35-30-8-7-9-31(41(30)36-32)37-14-5-6-15-37/h7-13,16-21H,5-6,14-15H2,1-4H3. The fourth-order valence-electron chi connectivity index (χ4n) is 5.68. The number of nitrogens with zero attached hydrogens (tertiary/aromatic N) is 9. The highest BCUT2D eigenvalue weighted by atomic mass is 16.5. The van der Waals surface area contributed by atoms with Crippen LogP contribution in [-0.4, -0.2) is 61.0 Å². The first-order chi connectivity index (χ1) is 21.0. The van der Waals surface area contributed by atoms with Gasteiger partial charge in [0.15, 0.2) is 5.65 Å². The topological polar surface area (TPSA) is 90.8 Å². The van der Waals surface area contributed by atoms with Gasteiger partial charge in [0.2, 0.25) is 0 Å². The number of pyridine rings is 1. The second kappa shape index (κ2) is 10.8. The maximum atomic E-state index is 5.88. The summed E-state index contributed by atoms with van der Waals surface area (Å²) in [6, 6.07) is 18.3. The maximum absolute atomic E-state index is 5.88. The van der Waals surface area contributed by atoms with Crippen molar-refractivity contribution in [2.24, 2.45) is 0 Å². The lowest BCUT2D eigenvalue weighted by Gasteiger charge is -2.24. The van der Waals surface area contributed by atoms with E-state index in [1.165, 1.54) is 12.8 Å². The van der Waals surface area contributed by atoms with E-state index in [2.05, 4.69) is 20.9 Å². The van der Waals surface area contributed by atoms with Crippen molar-refractivity contribution in [2.45, 2.75) is 26.7 Å². The Hall–Kier alpha value is -5.32. The number of ether oxygens (including phenoxy) is 2. The fourth-order valence-corrected chi connectivity index (χ4v) is 5.68. The van der Waals surface area contributed by atoms with Crippen LogP contribution in [0.4, 0.5) is 23.1 Å². The largest absolute Gasteiger partial charge is 0.494 e. The molecule has 0 N–H and O–H groups in total. The quantitative estimate of drug-likeness (QED) is 0.225. The lowest BCUT2D eigenvalue weighted by molar-refractivity contribution is 0.412. The number of benzene rings is 2. The SMILES string of the molecule is COc1cc(N(c2ccc(-n3cnc(C)c3)c(OC)c2)c2nc3cccc(N4CCCC4)n3n2)ccc1-n1cnc(C)c1. The van der Waals surface area contributed by atoms with Gasteiger partial charge in [0.1, 0.15) is 17.3 Å². The molecule has 1 fully saturated rings. The first-order valence-corrected chi connectivity index (χ1v) is 14.3. The van der Waals surface area contributed by atoms with Gasteiger partial charge in [0, 0.05) is 37.6 Å². The summed E-state index contributed by atoms with van der Waals surface area (Å²) in [6.07, 6.45) is 9.87. The molecule has 0 saturated carbocycles. The Morgan fingerprint density at radius 1 is 0.744 bits per heavy atom. The second-order valence-corrected chi connectivity index (χ2v) is 10.7. The fraction of sp³-hybridized carbons (Fsp3) is 0.250. The predicted molar refractivity (Wildman–Crippen MR) is 166 cm³/mol. The van der Waals surface area contributed by atoms with Gasteiger partial charge in [-0.2, -0.15) is 9.50 Å². The summed E-state index contributed by atoms with van der Waals surface area (Å²) in [5.41, 5.74) is 6.07. The van der Waals surface area contributed by atoms with Gasteiger partial charge in [-0.15, -0.1) is 5.10 Å². The first-order valence-electron chi connectivity index (χ1n) is 14.3. The van der Waals surface area contributed by atoms with E-state index in [1.807, 2.05) is 93.3 Å². The van der Waals surface area contributed by atoms with Gasteiger partial charge < -0.3 is 23.5 Å². The highest BCUT2D eigenvalue weighted by Gasteiger charge is 2.23. The number of rotatable bonds is 8. The second-order valence-electron chi connectivity index (χ2n) is 10.7. The average Bonchev–Trinajstić information content (AvgIpc) is 3.85. The van der Waals surface area contributed by atoms with Crippen LogP contribution >= 0.6 is 0 Å². The third kappa shape index (κ3) is 4.82. The molecule has 43 heavy (non-hydrogen) atoms. The highest BCUT2D eigenvalue weighted by molar-refractivity contribution is 5.77. The summed E-state index contributed by atoms with van der Waals surface area (Å²) in [6.45, 7) is 5.95. The Morgan fingerprint density at radius 3 is 1.84 bits per heavy atom. The van der Waals surface area contributed by atoms with Crippen molar-refractivity contribution >= 4 is 28.8 Å². The van der Waals surface area contributed by atoms with Gasteiger partial charge in [-0.3, -0.25) is 4.90 Å². The first kappa shape index (κ1) is 26.6. The molecule has 218 valence electrons. The molecule has 0 spiro atoms. The maximum Gasteiger partial charge on any atom is 0.254 e. The van der Waals surface area contributed by atoms with E-state index in [-0.39, 0.29) is 0 Å². The number of aromatic nitrogens is 7. The molecule has 0 unspecified atom stereocenters. The van der Waals surface area contributed by atoms with Gasteiger partial charge in [-0.25, -0.2) is 9.97 Å². The molecule has 11 heteroatoms. The number of hydrogen-bond acceptors (Lipinski definition) is 8. The molecule has 1 saturated heterocycles. The molecule has 5 heterocycles. The molecule has 0 radical (unpaired) electrons. The molecule has 0 atom stereocenters. The van der Waals surface area contributed by atoms with E-state index >= 15 is 0 Å². The van der Waals surface area contributed by atoms with Crippen LogP contribution in [0.1, 0.15) is 24.2 Å². The Morgan fingerprint density at radius 2 is 1.33 bits per heavy atom. The van der Waals surface area contributed by atoms with Crippen LogP contribution in [0.5, 0.6) is 11.5 Å². The van der Waals surface area contributed by atoms with Gasteiger partial charge in [-0.05, 0) is 63.1 Å². The normalized spacial score (nSPS) is 13.2. The minimum absolute atomic E-state index is 0.535. The molecule has 1 aliphatic rings. The van der Waals surface area contributed by atoms with Gasteiger partial charge in [0.05, 0.1) is 61.0 Å². The van der Waals surface area contributed by atoms with Crippen molar-refractivity contribution in [1.82, 2.24) is 33.7 Å². The van der Waals surface area contributed by atoms with Crippen LogP contribution < -0.4 is 19.3 Å². The van der Waals surface area contributed by atoms with Crippen molar-refractivity contribution in [3.05, 3.63) is 91.0 Å². The van der Waals surface area contributed by atoms with Crippen molar-refractivity contribution in [3.63, 3.8) is 0 Å². The molecular formula is C32H33N9O2. The summed E-state index contributed by atoms with van der Waals surface area (Å²) in [5, 5.41) is 5.07. The zero-order valence-electron chi connectivity index (χ0n) is 24.7. The number of imidazole rings is 2. The average molecular weight is 576 g/mol. The van der Waals surface area contributed by atoms with Crippen molar-refractivity contribution in [2.75, 3.05) is 37.1 Å². The van der Waals surface area contributed by atoms with E-state index in [0.29, 0.717) is 17.4 Å².